The Morgan fingerprint density at radius 3 is 2.36 bits per heavy atom. The van der Waals surface area contributed by atoms with E-state index in [1.165, 1.54) is 0 Å². The Kier molecular flexibility index (Phi) is 10.4. The van der Waals surface area contributed by atoms with Crippen LogP contribution in [0.25, 0.3) is 0 Å². The Balaban J connectivity index is 1.33. The number of aromatic nitrogens is 2. The van der Waals surface area contributed by atoms with Gasteiger partial charge in [-0.15, -0.1) is 0 Å². The fourth-order valence-corrected chi connectivity index (χ4v) is 6.44. The van der Waals surface area contributed by atoms with Crippen molar-refractivity contribution in [2.75, 3.05) is 44.9 Å². The number of likely N-dealkylation sites (tertiary alicyclic amines) is 1. The van der Waals surface area contributed by atoms with Gasteiger partial charge in [0.15, 0.2) is 0 Å². The lowest BCUT2D eigenvalue weighted by molar-refractivity contribution is -0.141. The van der Waals surface area contributed by atoms with E-state index >= 15 is 0 Å². The number of carbonyl (C=O) groups is 4. The lowest BCUT2D eigenvalue weighted by atomic mass is 9.85. The summed E-state index contributed by atoms with van der Waals surface area (Å²) in [5.74, 6) is -0.326. The molecule has 3 aromatic rings. The van der Waals surface area contributed by atoms with Crippen molar-refractivity contribution < 1.29 is 23.9 Å². The molecular formula is C34H44N8O5. The summed E-state index contributed by atoms with van der Waals surface area (Å²) in [5, 5.41) is 5.70. The standard InChI is InChI=1S/C34H44N8O5/c1-4-37-30(43)21-41-23-42(25-8-6-5-7-9-25)34(33(41)46)14-16-40(17-15-34)32(45)29(18-24-10-12-27(47-3)13-11-24)38-31(44)28(35)19-26-20-36-22-39(26)2/h5-13,20,22,28-29H,4,14-19,21,23,35H2,1-3H3,(H,37,43)(H,38,44)/t28-,29+/m0/s1. The number of anilines is 1. The van der Waals surface area contributed by atoms with Crippen molar-refractivity contribution in [1.82, 2.24) is 30.0 Å². The number of benzene rings is 2. The van der Waals surface area contributed by atoms with Crippen LogP contribution in [0.2, 0.25) is 0 Å². The van der Waals surface area contributed by atoms with Crippen LogP contribution in [0.4, 0.5) is 5.69 Å². The number of methoxy groups -OCH3 is 1. The van der Waals surface area contributed by atoms with Gasteiger partial charge in [-0.2, -0.15) is 0 Å². The number of nitrogens with zero attached hydrogens (tertiary/aromatic N) is 5. The number of nitrogens with two attached hydrogens (primary N) is 1. The molecule has 1 aromatic heterocycles. The number of imidazole rings is 1. The molecule has 2 atom stereocenters. The van der Waals surface area contributed by atoms with Crippen molar-refractivity contribution >= 4 is 29.3 Å². The smallest absolute Gasteiger partial charge is 0.250 e. The minimum atomic E-state index is -0.898. The first-order valence-electron chi connectivity index (χ1n) is 16.0. The highest BCUT2D eigenvalue weighted by Crippen LogP contribution is 2.39. The number of rotatable bonds is 12. The highest BCUT2D eigenvalue weighted by atomic mass is 16.5. The number of piperidine rings is 1. The van der Waals surface area contributed by atoms with Crippen LogP contribution >= 0.6 is 0 Å². The molecule has 250 valence electrons. The lowest BCUT2D eigenvalue weighted by Gasteiger charge is -2.44. The molecular weight excluding hydrogens is 600 g/mol. The number of aryl methyl sites for hydroxylation is 1. The second-order valence-corrected chi connectivity index (χ2v) is 12.1. The van der Waals surface area contributed by atoms with Crippen LogP contribution in [0, 0.1) is 0 Å². The number of ether oxygens (including phenoxy) is 1. The van der Waals surface area contributed by atoms with Crippen LogP contribution in [0.1, 0.15) is 31.0 Å². The molecule has 13 heteroatoms. The third-order valence-electron chi connectivity index (χ3n) is 9.09. The van der Waals surface area contributed by atoms with Crippen molar-refractivity contribution in [1.29, 1.82) is 0 Å². The topological polar surface area (TPSA) is 155 Å². The average molecular weight is 645 g/mol. The summed E-state index contributed by atoms with van der Waals surface area (Å²) >= 11 is 0. The van der Waals surface area contributed by atoms with Gasteiger partial charge < -0.3 is 40.4 Å². The molecule has 4 N–H and O–H groups in total. The number of likely N-dealkylation sites (N-methyl/N-ethyl adjacent to an activating group) is 1. The molecule has 13 nitrogen and oxygen atoms in total. The molecule has 5 rings (SSSR count). The SMILES string of the molecule is CCNC(=O)CN1CN(c2ccccc2)C2(CCN(C(=O)[C@@H](Cc3ccc(OC)cc3)NC(=O)[C@@H](N)Cc3cncn3C)CC2)C1=O. The molecule has 2 aromatic carbocycles. The first-order valence-corrected chi connectivity index (χ1v) is 16.0. The number of nitrogens with one attached hydrogen (secondary N) is 2. The van der Waals surface area contributed by atoms with Crippen LogP contribution in [-0.2, 0) is 39.1 Å². The average Bonchev–Trinajstić information content (AvgIpc) is 3.60. The second kappa shape index (κ2) is 14.7. The highest BCUT2D eigenvalue weighted by molar-refractivity contribution is 5.97. The normalized spacial score (nSPS) is 17.0. The minimum absolute atomic E-state index is 0.0323. The van der Waals surface area contributed by atoms with E-state index in [1.807, 2.05) is 68.6 Å². The van der Waals surface area contributed by atoms with Crippen molar-refractivity contribution in [2.45, 2.75) is 50.2 Å². The van der Waals surface area contributed by atoms with Crippen molar-refractivity contribution in [3.63, 3.8) is 0 Å². The number of hydrogen-bond donors (Lipinski definition) is 3. The van der Waals surface area contributed by atoms with E-state index in [4.69, 9.17) is 10.5 Å². The summed E-state index contributed by atoms with van der Waals surface area (Å²) < 4.78 is 7.09. The van der Waals surface area contributed by atoms with Crippen LogP contribution in [0.3, 0.4) is 0 Å². The molecule has 2 aliphatic heterocycles. The van der Waals surface area contributed by atoms with Crippen LogP contribution in [-0.4, -0.2) is 101 Å². The molecule has 2 fully saturated rings. The first-order chi connectivity index (χ1) is 22.6. The Morgan fingerprint density at radius 1 is 1.04 bits per heavy atom. The third kappa shape index (κ3) is 7.40. The monoisotopic (exact) mass is 644 g/mol. The van der Waals surface area contributed by atoms with Crippen molar-refractivity contribution in [3.8, 4) is 5.75 Å². The van der Waals surface area contributed by atoms with Gasteiger partial charge in [0.2, 0.25) is 17.7 Å². The van der Waals surface area contributed by atoms with Gasteiger partial charge in [0, 0.05) is 57.1 Å². The number of para-hydroxylation sites is 1. The van der Waals surface area contributed by atoms with Gasteiger partial charge in [-0.05, 0) is 49.6 Å². The fraction of sp³-hybridized carbons (Fsp3) is 0.441. The quantitative estimate of drug-likeness (QED) is 0.262. The van der Waals surface area contributed by atoms with Gasteiger partial charge in [0.25, 0.3) is 5.91 Å². The summed E-state index contributed by atoms with van der Waals surface area (Å²) in [6.45, 7) is 3.17. The second-order valence-electron chi connectivity index (χ2n) is 12.1. The number of hydrogen-bond acceptors (Lipinski definition) is 8. The van der Waals surface area contributed by atoms with E-state index in [2.05, 4.69) is 20.5 Å². The Labute approximate surface area is 275 Å². The summed E-state index contributed by atoms with van der Waals surface area (Å²) in [4.78, 5) is 63.4. The molecule has 0 unspecified atom stereocenters. The zero-order valence-corrected chi connectivity index (χ0v) is 27.2. The van der Waals surface area contributed by atoms with E-state index in [0.717, 1.165) is 16.9 Å². The third-order valence-corrected chi connectivity index (χ3v) is 9.09. The Morgan fingerprint density at radius 2 is 1.74 bits per heavy atom. The molecule has 3 heterocycles. The highest BCUT2D eigenvalue weighted by Gasteiger charge is 2.54. The molecule has 2 saturated heterocycles. The molecule has 47 heavy (non-hydrogen) atoms. The van der Waals surface area contributed by atoms with Crippen LogP contribution in [0.15, 0.2) is 67.1 Å². The lowest BCUT2D eigenvalue weighted by Crippen LogP contribution is -2.60. The largest absolute Gasteiger partial charge is 0.497 e. The van der Waals surface area contributed by atoms with Gasteiger partial charge in [0.05, 0.1) is 26.1 Å². The number of carbonyl (C=O) groups excluding carboxylic acids is 4. The molecule has 0 aliphatic carbocycles. The van der Waals surface area contributed by atoms with E-state index in [9.17, 15) is 19.2 Å². The molecule has 0 bridgehead atoms. The van der Waals surface area contributed by atoms with Gasteiger partial charge in [-0.25, -0.2) is 4.98 Å². The maximum Gasteiger partial charge on any atom is 0.250 e. The van der Waals surface area contributed by atoms with Gasteiger partial charge in [0.1, 0.15) is 23.9 Å². The minimum Gasteiger partial charge on any atom is -0.497 e. The maximum absolute atomic E-state index is 14.1. The van der Waals surface area contributed by atoms with E-state index in [0.29, 0.717) is 38.2 Å². The van der Waals surface area contributed by atoms with E-state index in [1.54, 1.807) is 34.0 Å². The summed E-state index contributed by atoms with van der Waals surface area (Å²) in [6, 6.07) is 15.3. The molecule has 0 saturated carbocycles. The van der Waals surface area contributed by atoms with Crippen molar-refractivity contribution in [3.05, 3.63) is 78.4 Å². The van der Waals surface area contributed by atoms with E-state index in [-0.39, 0.29) is 43.8 Å². The van der Waals surface area contributed by atoms with Gasteiger partial charge in [-0.1, -0.05) is 30.3 Å². The summed E-state index contributed by atoms with van der Waals surface area (Å²) in [7, 11) is 3.42. The maximum atomic E-state index is 14.1. The predicted octanol–water partition coefficient (Wildman–Crippen LogP) is 0.830. The van der Waals surface area contributed by atoms with Crippen LogP contribution in [0.5, 0.6) is 5.75 Å². The van der Waals surface area contributed by atoms with Gasteiger partial charge >= 0.3 is 0 Å². The molecule has 1 spiro atoms. The summed E-state index contributed by atoms with van der Waals surface area (Å²) in [6.07, 6.45) is 4.58. The van der Waals surface area contributed by atoms with E-state index < -0.39 is 23.5 Å². The predicted molar refractivity (Wildman–Crippen MR) is 176 cm³/mol. The van der Waals surface area contributed by atoms with Crippen molar-refractivity contribution in [2.24, 2.45) is 12.8 Å². The number of amides is 4. The first kappa shape index (κ1) is 33.5. The van der Waals surface area contributed by atoms with Gasteiger partial charge in [-0.3, -0.25) is 19.2 Å². The molecule has 4 amide bonds. The Hall–Kier alpha value is -4.91. The Bertz CT molecular complexity index is 1550. The fourth-order valence-electron chi connectivity index (χ4n) is 6.44. The summed E-state index contributed by atoms with van der Waals surface area (Å²) in [5.41, 5.74) is 7.93. The molecule has 0 radical (unpaired) electrons. The molecule has 2 aliphatic rings. The van der Waals surface area contributed by atoms with Crippen LogP contribution < -0.4 is 26.0 Å². The zero-order chi connectivity index (χ0) is 33.6. The zero-order valence-electron chi connectivity index (χ0n) is 27.2.